The molecule has 1 N–H and O–H groups in total. The molecule has 0 spiro atoms. The first-order chi connectivity index (χ1) is 13.6. The molecule has 1 heterocycles. The number of guanidine groups is 1. The van der Waals surface area contributed by atoms with E-state index < -0.39 is 0 Å². The van der Waals surface area contributed by atoms with Crippen LogP contribution in [0.4, 0.5) is 0 Å². The number of hydrogen-bond donors (Lipinski definition) is 1. The summed E-state index contributed by atoms with van der Waals surface area (Å²) in [6, 6.07) is 8.00. The zero-order valence-electron chi connectivity index (χ0n) is 18.1. The van der Waals surface area contributed by atoms with Gasteiger partial charge in [-0.1, -0.05) is 13.0 Å². The van der Waals surface area contributed by atoms with Crippen molar-refractivity contribution in [2.24, 2.45) is 10.9 Å². The molecule has 8 heteroatoms. The number of halogens is 1. The van der Waals surface area contributed by atoms with Crippen molar-refractivity contribution in [3.8, 4) is 11.5 Å². The summed E-state index contributed by atoms with van der Waals surface area (Å²) < 4.78 is 12.7. The highest BCUT2D eigenvalue weighted by atomic mass is 127. The third-order valence-electron chi connectivity index (χ3n) is 4.49. The Kier molecular flexibility index (Phi) is 11.5. The van der Waals surface area contributed by atoms with Crippen LogP contribution < -0.4 is 14.8 Å². The molecule has 0 saturated carbocycles. The standard InChI is InChI=1S/C21H33N5O2.HI/c1-6-22-21(23-15-17(2)16-26-12-7-11-24-26)25(3)13-10-18-8-9-19(27-4)20(14-18)28-5;/h7-9,11-12,14,17H,6,10,13,15-16H2,1-5H3,(H,22,23);1H. The fraction of sp³-hybridized carbons (Fsp3) is 0.524. The molecule has 1 aromatic carbocycles. The van der Waals surface area contributed by atoms with Gasteiger partial charge < -0.3 is 19.7 Å². The van der Waals surface area contributed by atoms with Gasteiger partial charge in [0.25, 0.3) is 0 Å². The van der Waals surface area contributed by atoms with E-state index in [1.54, 1.807) is 14.2 Å². The predicted octanol–water partition coefficient (Wildman–Crippen LogP) is 3.29. The first kappa shape index (κ1) is 25.1. The van der Waals surface area contributed by atoms with Gasteiger partial charge in [-0.2, -0.15) is 5.10 Å². The van der Waals surface area contributed by atoms with Gasteiger partial charge in [0.2, 0.25) is 0 Å². The quantitative estimate of drug-likeness (QED) is 0.299. The molecule has 0 radical (unpaired) electrons. The average molecular weight is 515 g/mol. The van der Waals surface area contributed by atoms with Gasteiger partial charge in [0.1, 0.15) is 0 Å². The number of nitrogens with one attached hydrogen (secondary N) is 1. The molecular weight excluding hydrogens is 481 g/mol. The maximum absolute atomic E-state index is 5.40. The van der Waals surface area contributed by atoms with E-state index in [0.29, 0.717) is 5.92 Å². The third-order valence-corrected chi connectivity index (χ3v) is 4.49. The molecule has 0 bridgehead atoms. The number of likely N-dealkylation sites (N-methyl/N-ethyl adjacent to an activating group) is 1. The Morgan fingerprint density at radius 2 is 2.03 bits per heavy atom. The smallest absolute Gasteiger partial charge is 0.193 e. The van der Waals surface area contributed by atoms with Crippen molar-refractivity contribution < 1.29 is 9.47 Å². The normalized spacial score (nSPS) is 12.1. The van der Waals surface area contributed by atoms with Crippen LogP contribution in [0.2, 0.25) is 0 Å². The number of methoxy groups -OCH3 is 2. The van der Waals surface area contributed by atoms with E-state index in [0.717, 1.165) is 50.1 Å². The maximum Gasteiger partial charge on any atom is 0.193 e. The van der Waals surface area contributed by atoms with E-state index in [9.17, 15) is 0 Å². The number of aromatic nitrogens is 2. The largest absolute Gasteiger partial charge is 0.493 e. The first-order valence-electron chi connectivity index (χ1n) is 9.75. The van der Waals surface area contributed by atoms with E-state index in [-0.39, 0.29) is 24.0 Å². The molecule has 1 aromatic heterocycles. The Balaban J connectivity index is 0.00000420. The Morgan fingerprint density at radius 3 is 2.66 bits per heavy atom. The number of ether oxygens (including phenoxy) is 2. The molecule has 1 unspecified atom stereocenters. The zero-order valence-corrected chi connectivity index (χ0v) is 20.4. The molecule has 0 aliphatic heterocycles. The van der Waals surface area contributed by atoms with E-state index in [1.807, 2.05) is 35.3 Å². The van der Waals surface area contributed by atoms with Crippen LogP contribution in [0.5, 0.6) is 11.5 Å². The molecule has 0 amide bonds. The molecular formula is C21H34IN5O2. The summed E-state index contributed by atoms with van der Waals surface area (Å²) in [5, 5.41) is 7.65. The number of hydrogen-bond acceptors (Lipinski definition) is 4. The van der Waals surface area contributed by atoms with Crippen molar-refractivity contribution >= 4 is 29.9 Å². The number of benzene rings is 1. The number of nitrogens with zero attached hydrogens (tertiary/aromatic N) is 4. The monoisotopic (exact) mass is 515 g/mol. The van der Waals surface area contributed by atoms with Gasteiger partial charge in [-0.3, -0.25) is 9.67 Å². The lowest BCUT2D eigenvalue weighted by molar-refractivity contribution is 0.354. The highest BCUT2D eigenvalue weighted by Gasteiger charge is 2.10. The van der Waals surface area contributed by atoms with Crippen LogP contribution in [0.15, 0.2) is 41.7 Å². The molecule has 0 saturated heterocycles. The summed E-state index contributed by atoms with van der Waals surface area (Å²) in [6.07, 6.45) is 4.69. The van der Waals surface area contributed by atoms with Crippen LogP contribution in [0.1, 0.15) is 19.4 Å². The van der Waals surface area contributed by atoms with Crippen LogP contribution in [0.25, 0.3) is 0 Å². The van der Waals surface area contributed by atoms with Crippen LogP contribution >= 0.6 is 24.0 Å². The number of aliphatic imine (C=N–C) groups is 1. The molecule has 162 valence electrons. The van der Waals surface area contributed by atoms with Crippen LogP contribution in [-0.2, 0) is 13.0 Å². The Hall–Kier alpha value is -1.97. The van der Waals surface area contributed by atoms with Gasteiger partial charge in [0.05, 0.1) is 14.2 Å². The fourth-order valence-corrected chi connectivity index (χ4v) is 2.94. The second-order valence-corrected chi connectivity index (χ2v) is 6.89. The lowest BCUT2D eigenvalue weighted by Gasteiger charge is -2.23. The van der Waals surface area contributed by atoms with Crippen molar-refractivity contribution in [3.63, 3.8) is 0 Å². The lowest BCUT2D eigenvalue weighted by atomic mass is 10.1. The molecule has 0 aliphatic carbocycles. The van der Waals surface area contributed by atoms with Crippen molar-refractivity contribution in [2.45, 2.75) is 26.8 Å². The van der Waals surface area contributed by atoms with Crippen molar-refractivity contribution in [3.05, 3.63) is 42.2 Å². The average Bonchev–Trinajstić information content (AvgIpc) is 3.21. The van der Waals surface area contributed by atoms with Crippen molar-refractivity contribution in [2.75, 3.05) is 40.9 Å². The Morgan fingerprint density at radius 1 is 1.28 bits per heavy atom. The summed E-state index contributed by atoms with van der Waals surface area (Å²) >= 11 is 0. The second-order valence-electron chi connectivity index (χ2n) is 6.89. The Labute approximate surface area is 191 Å². The summed E-state index contributed by atoms with van der Waals surface area (Å²) in [5.74, 6) is 2.85. The van der Waals surface area contributed by atoms with Gasteiger partial charge in [0.15, 0.2) is 17.5 Å². The minimum atomic E-state index is 0. The lowest BCUT2D eigenvalue weighted by Crippen LogP contribution is -2.40. The predicted molar refractivity (Wildman–Crippen MR) is 129 cm³/mol. The maximum atomic E-state index is 5.40. The molecule has 7 nitrogen and oxygen atoms in total. The van der Waals surface area contributed by atoms with Crippen molar-refractivity contribution in [1.82, 2.24) is 20.0 Å². The molecule has 1 atom stereocenters. The fourth-order valence-electron chi connectivity index (χ4n) is 2.94. The minimum Gasteiger partial charge on any atom is -0.493 e. The van der Waals surface area contributed by atoms with Crippen LogP contribution in [-0.4, -0.2) is 61.5 Å². The van der Waals surface area contributed by atoms with Crippen LogP contribution in [0.3, 0.4) is 0 Å². The van der Waals surface area contributed by atoms with Gasteiger partial charge in [-0.15, -0.1) is 24.0 Å². The van der Waals surface area contributed by atoms with Crippen molar-refractivity contribution in [1.29, 1.82) is 0 Å². The molecule has 0 aliphatic rings. The van der Waals surface area contributed by atoms with Gasteiger partial charge in [-0.05, 0) is 43.0 Å². The highest BCUT2D eigenvalue weighted by molar-refractivity contribution is 14.0. The van der Waals surface area contributed by atoms with Crippen LogP contribution in [0, 0.1) is 5.92 Å². The zero-order chi connectivity index (χ0) is 20.4. The summed E-state index contributed by atoms with van der Waals surface area (Å²) in [4.78, 5) is 6.98. The topological polar surface area (TPSA) is 63.9 Å². The van der Waals surface area contributed by atoms with E-state index in [4.69, 9.17) is 14.5 Å². The molecule has 2 aromatic rings. The first-order valence-corrected chi connectivity index (χ1v) is 9.75. The van der Waals surface area contributed by atoms with E-state index >= 15 is 0 Å². The minimum absolute atomic E-state index is 0. The summed E-state index contributed by atoms with van der Waals surface area (Å²) in [5.41, 5.74) is 1.20. The summed E-state index contributed by atoms with van der Waals surface area (Å²) in [7, 11) is 5.38. The molecule has 2 rings (SSSR count). The highest BCUT2D eigenvalue weighted by Crippen LogP contribution is 2.27. The second kappa shape index (κ2) is 13.3. The molecule has 29 heavy (non-hydrogen) atoms. The van der Waals surface area contributed by atoms with Gasteiger partial charge in [0, 0.05) is 45.6 Å². The van der Waals surface area contributed by atoms with E-state index in [2.05, 4.69) is 42.3 Å². The molecule has 0 fully saturated rings. The third kappa shape index (κ3) is 8.12. The SMILES string of the molecule is CCNC(=NCC(C)Cn1cccn1)N(C)CCc1ccc(OC)c(OC)c1.I. The Bertz CT molecular complexity index is 737. The summed E-state index contributed by atoms with van der Waals surface area (Å²) in [6.45, 7) is 7.60. The van der Waals surface area contributed by atoms with E-state index in [1.165, 1.54) is 5.56 Å². The van der Waals surface area contributed by atoms with Gasteiger partial charge >= 0.3 is 0 Å². The number of rotatable bonds is 10. The van der Waals surface area contributed by atoms with Gasteiger partial charge in [-0.25, -0.2) is 0 Å².